The summed E-state index contributed by atoms with van der Waals surface area (Å²) in [4.78, 5) is 63.9. The molecule has 0 spiro atoms. The molecular weight excluding hydrogens is 925 g/mol. The number of phenols is 1. The summed E-state index contributed by atoms with van der Waals surface area (Å²) in [7, 11) is 2.09. The average Bonchev–Trinajstić information content (AvgIpc) is 3.72. The van der Waals surface area contributed by atoms with Gasteiger partial charge in [-0.2, -0.15) is 9.97 Å². The number of β-amino-alcohol motifs (C(OH)–C–C–N with tert-alkyl or cyclic N) is 1. The smallest absolute Gasteiger partial charge is 0.319 e. The molecule has 5 aromatic rings. The number of amides is 3. The summed E-state index contributed by atoms with van der Waals surface area (Å²) in [6.45, 7) is 10.6. The van der Waals surface area contributed by atoms with Crippen LogP contribution in [-0.4, -0.2) is 153 Å². The lowest BCUT2D eigenvalue weighted by atomic mass is 9.94. The van der Waals surface area contributed by atoms with E-state index in [1.54, 1.807) is 25.3 Å². The van der Waals surface area contributed by atoms with Crippen molar-refractivity contribution in [3.05, 3.63) is 71.7 Å². The number of carbonyl (C=O) groups is 3. The molecule has 8 heterocycles. The van der Waals surface area contributed by atoms with Crippen molar-refractivity contribution in [3.8, 4) is 23.0 Å². The number of fused-ring (bicyclic) bond motifs is 2. The lowest BCUT2D eigenvalue weighted by Crippen LogP contribution is -2.52. The minimum absolute atomic E-state index is 0.00805. The van der Waals surface area contributed by atoms with Crippen molar-refractivity contribution < 1.29 is 38.1 Å². The van der Waals surface area contributed by atoms with Gasteiger partial charge in [-0.3, -0.25) is 29.6 Å². The summed E-state index contributed by atoms with van der Waals surface area (Å²) in [5.41, 5.74) is 0.814. The predicted octanol–water partition coefficient (Wildman–Crippen LogP) is 5.09. The van der Waals surface area contributed by atoms with Gasteiger partial charge in [-0.05, 0) is 137 Å². The SMILES string of the molecule is CCc1c(F)ccc2cc(O)cc(-c3ncc4c(N5CCC[C@@](C)(O)C5)nc(OC[C@@H]5C[C@H](NC6CCN(CC7CCN(c8ccc(C(=O)NC9CCC(=O)NC9=O)nc8)CC7)CC6)CN5C)nc4c3F)c12. The number of ether oxygens (including phenoxy) is 1. The number of aromatic hydroxyl groups is 1. The second-order valence-electron chi connectivity index (χ2n) is 20.9. The fourth-order valence-corrected chi connectivity index (χ4v) is 11.6. The molecule has 72 heavy (non-hydrogen) atoms. The number of nitrogens with one attached hydrogen (secondary N) is 3. The number of carbonyl (C=O) groups excluding carboxylic acids is 3. The van der Waals surface area contributed by atoms with E-state index < -0.39 is 35.1 Å². The Morgan fingerprint density at radius 2 is 1.76 bits per heavy atom. The van der Waals surface area contributed by atoms with Gasteiger partial charge in [0.15, 0.2) is 5.82 Å². The Morgan fingerprint density at radius 3 is 2.50 bits per heavy atom. The van der Waals surface area contributed by atoms with Crippen LogP contribution in [0.5, 0.6) is 11.8 Å². The Hall–Kier alpha value is -6.15. The third kappa shape index (κ3) is 10.7. The number of benzene rings is 2. The Morgan fingerprint density at radius 1 is 0.958 bits per heavy atom. The van der Waals surface area contributed by atoms with Crippen molar-refractivity contribution in [1.82, 2.24) is 45.7 Å². The molecule has 3 amide bonds. The molecule has 0 bridgehead atoms. The van der Waals surface area contributed by atoms with Crippen LogP contribution >= 0.6 is 0 Å². The highest BCUT2D eigenvalue weighted by atomic mass is 19.1. The first-order valence-electron chi connectivity index (χ1n) is 25.6. The van der Waals surface area contributed by atoms with E-state index in [9.17, 15) is 24.6 Å². The minimum Gasteiger partial charge on any atom is -0.508 e. The molecule has 19 heteroatoms. The Balaban J connectivity index is 0.733. The van der Waals surface area contributed by atoms with Gasteiger partial charge in [-0.1, -0.05) is 13.0 Å². The summed E-state index contributed by atoms with van der Waals surface area (Å²) in [6.07, 6.45) is 10.6. The largest absolute Gasteiger partial charge is 0.508 e. The van der Waals surface area contributed by atoms with Gasteiger partial charge in [0.25, 0.3) is 5.91 Å². The second kappa shape index (κ2) is 20.8. The molecular formula is C53H65F2N11O6. The van der Waals surface area contributed by atoms with E-state index in [4.69, 9.17) is 9.72 Å². The van der Waals surface area contributed by atoms with E-state index in [1.807, 2.05) is 17.9 Å². The second-order valence-corrected chi connectivity index (χ2v) is 20.9. The number of aliphatic hydroxyl groups is 1. The molecule has 0 aliphatic carbocycles. The Labute approximate surface area is 417 Å². The van der Waals surface area contributed by atoms with Crippen LogP contribution in [0.25, 0.3) is 32.9 Å². The standard InChI is InChI=1S/C53H65F2N11O6/c1-4-38-41(54)8-6-32-22-37(67)24-39(45(32)38)47-46(55)48-40(26-57-47)49(66-17-5-16-53(2,71)30-66)62-52(61-48)72-29-36-23-34(28-63(36)3)58-33-14-18-64(19-15-33)27-31-12-20-65(21-13-31)35-7-9-42(56-25-35)50(69)59-43-10-11-44(68)60-51(43)70/h6-9,22,24-26,31,33-34,36,43,58,67,71H,4-5,10-21,23,27-30H2,1-3H3,(H,59,69)(H,60,68,70)/t34-,36-,43?,53+/m0/s1. The first kappa shape index (κ1) is 49.4. The maximum Gasteiger partial charge on any atom is 0.319 e. The molecule has 5 aliphatic rings. The number of hydrogen-bond acceptors (Lipinski definition) is 15. The van der Waals surface area contributed by atoms with Crippen molar-refractivity contribution in [2.24, 2.45) is 5.92 Å². The molecule has 5 aliphatic heterocycles. The quantitative estimate of drug-likeness (QED) is 0.0976. The van der Waals surface area contributed by atoms with Crippen LogP contribution < -0.4 is 30.5 Å². The van der Waals surface area contributed by atoms with Gasteiger partial charge < -0.3 is 40.3 Å². The topological polar surface area (TPSA) is 202 Å². The average molecular weight is 990 g/mol. The Bertz CT molecular complexity index is 2840. The highest BCUT2D eigenvalue weighted by Gasteiger charge is 2.35. The number of aromatic nitrogens is 4. The molecule has 0 radical (unpaired) electrons. The van der Waals surface area contributed by atoms with Gasteiger partial charge in [0.1, 0.15) is 46.9 Å². The van der Waals surface area contributed by atoms with Crippen molar-refractivity contribution >= 4 is 50.9 Å². The van der Waals surface area contributed by atoms with Gasteiger partial charge in [-0.25, -0.2) is 13.8 Å². The number of hydrogen-bond donors (Lipinski definition) is 5. The maximum absolute atomic E-state index is 17.1. The molecule has 382 valence electrons. The third-order valence-electron chi connectivity index (χ3n) is 15.6. The normalized spacial score (nSPS) is 24.1. The van der Waals surface area contributed by atoms with Gasteiger partial charge in [-0.15, -0.1) is 0 Å². The number of nitrogens with zero attached hydrogens (tertiary/aromatic N) is 8. The molecule has 10 rings (SSSR count). The Kier molecular flexibility index (Phi) is 14.3. The van der Waals surface area contributed by atoms with Crippen molar-refractivity contribution in [1.29, 1.82) is 0 Å². The maximum atomic E-state index is 17.1. The number of imide groups is 1. The van der Waals surface area contributed by atoms with Gasteiger partial charge in [0.2, 0.25) is 11.8 Å². The predicted molar refractivity (Wildman–Crippen MR) is 269 cm³/mol. The molecule has 5 N–H and O–H groups in total. The fraction of sp³-hybridized carbons (Fsp3) is 0.528. The molecule has 1 unspecified atom stereocenters. The van der Waals surface area contributed by atoms with Crippen molar-refractivity contribution in [2.45, 2.75) is 108 Å². The van der Waals surface area contributed by atoms with Crippen LogP contribution in [0.3, 0.4) is 0 Å². The lowest BCUT2D eigenvalue weighted by Gasteiger charge is -2.39. The van der Waals surface area contributed by atoms with E-state index in [0.717, 1.165) is 77.1 Å². The highest BCUT2D eigenvalue weighted by molar-refractivity contribution is 6.04. The summed E-state index contributed by atoms with van der Waals surface area (Å²) in [5, 5.41) is 32.1. The molecule has 5 saturated heterocycles. The van der Waals surface area contributed by atoms with E-state index >= 15 is 8.78 Å². The van der Waals surface area contributed by atoms with Gasteiger partial charge >= 0.3 is 6.01 Å². The van der Waals surface area contributed by atoms with E-state index in [0.29, 0.717) is 65.3 Å². The first-order valence-corrected chi connectivity index (χ1v) is 25.6. The fourth-order valence-electron chi connectivity index (χ4n) is 11.6. The zero-order chi connectivity index (χ0) is 50.3. The van der Waals surface area contributed by atoms with Crippen molar-refractivity contribution in [3.63, 3.8) is 0 Å². The molecule has 2 aromatic carbocycles. The van der Waals surface area contributed by atoms with E-state index in [1.165, 1.54) is 24.4 Å². The zero-order valence-corrected chi connectivity index (χ0v) is 41.3. The number of likely N-dealkylation sites (tertiary alicyclic amines) is 2. The number of phenolic OH excluding ortho intramolecular Hbond substituents is 1. The van der Waals surface area contributed by atoms with Gasteiger partial charge in [0, 0.05) is 75.6 Å². The highest BCUT2D eigenvalue weighted by Crippen LogP contribution is 2.40. The van der Waals surface area contributed by atoms with Crippen LogP contribution in [0.4, 0.5) is 20.3 Å². The first-order chi connectivity index (χ1) is 34.7. The molecule has 3 aromatic heterocycles. The van der Waals surface area contributed by atoms with Crippen molar-refractivity contribution in [2.75, 3.05) is 75.8 Å². The minimum atomic E-state index is -0.975. The monoisotopic (exact) mass is 990 g/mol. The third-order valence-corrected chi connectivity index (χ3v) is 15.6. The summed E-state index contributed by atoms with van der Waals surface area (Å²) in [6, 6.07) is 9.49. The molecule has 5 fully saturated rings. The summed E-state index contributed by atoms with van der Waals surface area (Å²) >= 11 is 0. The molecule has 17 nitrogen and oxygen atoms in total. The lowest BCUT2D eigenvalue weighted by molar-refractivity contribution is -0.134. The number of anilines is 2. The number of pyridine rings is 2. The van der Waals surface area contributed by atoms with Crippen LogP contribution in [0.2, 0.25) is 0 Å². The number of piperidine rings is 4. The number of likely N-dealkylation sites (N-methyl/N-ethyl adjacent to an activating group) is 1. The van der Waals surface area contributed by atoms with Crippen LogP contribution in [-0.2, 0) is 16.0 Å². The van der Waals surface area contributed by atoms with Crippen LogP contribution in [0.15, 0.2) is 48.8 Å². The number of aryl methyl sites for hydroxylation is 1. The molecule has 4 atom stereocenters. The number of halogens is 2. The van der Waals surface area contributed by atoms with Crippen LogP contribution in [0, 0.1) is 17.6 Å². The summed E-state index contributed by atoms with van der Waals surface area (Å²) < 4.78 is 38.7. The molecule has 0 saturated carbocycles. The van der Waals surface area contributed by atoms with E-state index in [2.05, 4.69) is 52.6 Å². The van der Waals surface area contributed by atoms with E-state index in [-0.39, 0.29) is 78.2 Å². The summed E-state index contributed by atoms with van der Waals surface area (Å²) in [5.74, 6) is -1.48. The van der Waals surface area contributed by atoms with Crippen LogP contribution in [0.1, 0.15) is 87.7 Å². The zero-order valence-electron chi connectivity index (χ0n) is 41.3. The number of rotatable bonds is 13. The van der Waals surface area contributed by atoms with Gasteiger partial charge in [0.05, 0.1) is 22.9 Å².